The average molecular weight is 317 g/mol. The average Bonchev–Trinajstić information content (AvgIpc) is 2.88. The molecule has 1 aliphatic rings. The van der Waals surface area contributed by atoms with Gasteiger partial charge in [0.1, 0.15) is 11.6 Å². The molecule has 3 rings (SSSR count). The van der Waals surface area contributed by atoms with Gasteiger partial charge < -0.3 is 9.32 Å². The van der Waals surface area contributed by atoms with Gasteiger partial charge in [0.2, 0.25) is 5.89 Å². The molecule has 0 aliphatic carbocycles. The fourth-order valence-corrected chi connectivity index (χ4v) is 2.89. The van der Waals surface area contributed by atoms with E-state index in [1.54, 1.807) is 0 Å². The predicted octanol–water partition coefficient (Wildman–Crippen LogP) is 3.65. The van der Waals surface area contributed by atoms with Crippen LogP contribution in [0.15, 0.2) is 34.9 Å². The van der Waals surface area contributed by atoms with Crippen LogP contribution in [0.4, 0.5) is 10.1 Å². The number of oxazole rings is 1. The lowest BCUT2D eigenvalue weighted by Gasteiger charge is -2.23. The number of halogens is 1. The van der Waals surface area contributed by atoms with Crippen LogP contribution in [-0.2, 0) is 6.54 Å². The Morgan fingerprint density at radius 3 is 2.61 bits per heavy atom. The van der Waals surface area contributed by atoms with Crippen LogP contribution in [0.2, 0.25) is 0 Å². The summed E-state index contributed by atoms with van der Waals surface area (Å²) >= 11 is 0. The Bertz CT molecular complexity index is 623. The number of rotatable bonds is 4. The Morgan fingerprint density at radius 1 is 1.13 bits per heavy atom. The third kappa shape index (κ3) is 4.10. The van der Waals surface area contributed by atoms with Gasteiger partial charge in [0.25, 0.3) is 0 Å². The van der Waals surface area contributed by atoms with E-state index in [1.807, 2.05) is 18.3 Å². The quantitative estimate of drug-likeness (QED) is 0.862. The second kappa shape index (κ2) is 7.13. The van der Waals surface area contributed by atoms with Crippen molar-refractivity contribution in [2.24, 2.45) is 0 Å². The van der Waals surface area contributed by atoms with Gasteiger partial charge in [0.15, 0.2) is 0 Å². The van der Waals surface area contributed by atoms with Crippen molar-refractivity contribution in [3.05, 3.63) is 47.9 Å². The summed E-state index contributed by atoms with van der Waals surface area (Å²) in [6, 6.07) is 6.76. The first kappa shape index (κ1) is 16.0. The molecule has 23 heavy (non-hydrogen) atoms. The molecule has 2 heterocycles. The highest BCUT2D eigenvalue weighted by Crippen LogP contribution is 2.19. The van der Waals surface area contributed by atoms with Crippen molar-refractivity contribution < 1.29 is 8.81 Å². The van der Waals surface area contributed by atoms with Crippen LogP contribution in [0.3, 0.4) is 0 Å². The number of hydrogen-bond acceptors (Lipinski definition) is 4. The lowest BCUT2D eigenvalue weighted by molar-refractivity contribution is 0.251. The number of hydrogen-bond donors (Lipinski definition) is 0. The van der Waals surface area contributed by atoms with Crippen molar-refractivity contribution in [2.45, 2.75) is 32.7 Å². The number of aromatic nitrogens is 1. The summed E-state index contributed by atoms with van der Waals surface area (Å²) in [5.41, 5.74) is 1.09. The fourth-order valence-electron chi connectivity index (χ4n) is 2.89. The molecule has 1 saturated heterocycles. The molecule has 1 fully saturated rings. The Kier molecular flexibility index (Phi) is 4.96. The van der Waals surface area contributed by atoms with Gasteiger partial charge >= 0.3 is 0 Å². The third-order valence-corrected chi connectivity index (χ3v) is 4.28. The highest BCUT2D eigenvalue weighted by atomic mass is 19.1. The maximum absolute atomic E-state index is 13.1. The van der Waals surface area contributed by atoms with Crippen molar-refractivity contribution >= 4 is 5.69 Å². The summed E-state index contributed by atoms with van der Waals surface area (Å²) in [6.07, 6.45) is 2.91. The maximum Gasteiger partial charge on any atom is 0.208 e. The molecule has 0 atom stereocenters. The van der Waals surface area contributed by atoms with Crippen molar-refractivity contribution in [3.8, 4) is 0 Å². The lowest BCUT2D eigenvalue weighted by Crippen LogP contribution is -2.30. The fraction of sp³-hybridized carbons (Fsp3) is 0.500. The van der Waals surface area contributed by atoms with Crippen molar-refractivity contribution in [3.63, 3.8) is 0 Å². The van der Waals surface area contributed by atoms with Crippen molar-refractivity contribution in [1.82, 2.24) is 9.88 Å². The molecule has 0 bridgehead atoms. The SMILES string of the molecule is CC(C)c1cnc(CN2CCCN(c3ccc(F)cc3)CC2)o1. The molecule has 5 heteroatoms. The van der Waals surface area contributed by atoms with Gasteiger partial charge in [-0.1, -0.05) is 13.8 Å². The highest BCUT2D eigenvalue weighted by molar-refractivity contribution is 5.46. The third-order valence-electron chi connectivity index (χ3n) is 4.28. The van der Waals surface area contributed by atoms with Gasteiger partial charge in [-0.2, -0.15) is 0 Å². The minimum absolute atomic E-state index is 0.185. The van der Waals surface area contributed by atoms with Crippen molar-refractivity contribution in [2.75, 3.05) is 31.1 Å². The largest absolute Gasteiger partial charge is 0.444 e. The van der Waals surface area contributed by atoms with Gasteiger partial charge in [-0.05, 0) is 30.7 Å². The zero-order valence-electron chi connectivity index (χ0n) is 13.8. The van der Waals surface area contributed by atoms with Crippen LogP contribution in [0, 0.1) is 5.82 Å². The second-order valence-corrected chi connectivity index (χ2v) is 6.40. The van der Waals surface area contributed by atoms with Crippen LogP contribution >= 0.6 is 0 Å². The molecule has 1 aromatic carbocycles. The van der Waals surface area contributed by atoms with E-state index in [1.165, 1.54) is 12.1 Å². The van der Waals surface area contributed by atoms with Gasteiger partial charge in [0.05, 0.1) is 12.7 Å². The minimum atomic E-state index is -0.185. The zero-order valence-corrected chi connectivity index (χ0v) is 13.8. The summed E-state index contributed by atoms with van der Waals surface area (Å²) in [5.74, 6) is 1.93. The van der Waals surface area contributed by atoms with Crippen molar-refractivity contribution in [1.29, 1.82) is 0 Å². The standard InChI is InChI=1S/C18H24FN3O/c1-14(2)17-12-20-18(23-17)13-21-8-3-9-22(11-10-21)16-6-4-15(19)5-7-16/h4-7,12,14H,3,8-11,13H2,1-2H3. The number of nitrogens with zero attached hydrogens (tertiary/aromatic N) is 3. The molecule has 4 nitrogen and oxygen atoms in total. The molecule has 0 saturated carbocycles. The van der Waals surface area contributed by atoms with E-state index >= 15 is 0 Å². The van der Waals surface area contributed by atoms with Crippen LogP contribution < -0.4 is 4.90 Å². The molecule has 1 aromatic heterocycles. The summed E-state index contributed by atoms with van der Waals surface area (Å²) in [4.78, 5) is 9.07. The minimum Gasteiger partial charge on any atom is -0.444 e. The molecular formula is C18H24FN3O. The van der Waals surface area contributed by atoms with Gasteiger partial charge in [-0.3, -0.25) is 4.90 Å². The van der Waals surface area contributed by atoms with E-state index in [4.69, 9.17) is 4.42 Å². The van der Waals surface area contributed by atoms with E-state index in [0.29, 0.717) is 5.92 Å². The van der Waals surface area contributed by atoms with E-state index < -0.39 is 0 Å². The maximum atomic E-state index is 13.1. The normalized spacial score (nSPS) is 16.8. The molecule has 0 amide bonds. The molecule has 124 valence electrons. The molecular weight excluding hydrogens is 293 g/mol. The van der Waals surface area contributed by atoms with E-state index in [2.05, 4.69) is 28.6 Å². The summed E-state index contributed by atoms with van der Waals surface area (Å²) < 4.78 is 18.9. The van der Waals surface area contributed by atoms with E-state index in [9.17, 15) is 4.39 Å². The molecule has 2 aromatic rings. The first-order chi connectivity index (χ1) is 11.1. The molecule has 0 N–H and O–H groups in total. The number of benzene rings is 1. The predicted molar refractivity (Wildman–Crippen MR) is 89.1 cm³/mol. The smallest absolute Gasteiger partial charge is 0.208 e. The first-order valence-electron chi connectivity index (χ1n) is 8.29. The summed E-state index contributed by atoms with van der Waals surface area (Å²) in [7, 11) is 0. The Morgan fingerprint density at radius 2 is 1.91 bits per heavy atom. The first-order valence-corrected chi connectivity index (χ1v) is 8.29. The highest BCUT2D eigenvalue weighted by Gasteiger charge is 2.17. The van der Waals surface area contributed by atoms with Gasteiger partial charge in [-0.25, -0.2) is 9.37 Å². The van der Waals surface area contributed by atoms with E-state index in [0.717, 1.165) is 56.5 Å². The van der Waals surface area contributed by atoms with Gasteiger partial charge in [-0.15, -0.1) is 0 Å². The monoisotopic (exact) mass is 317 g/mol. The number of anilines is 1. The Balaban J connectivity index is 1.58. The molecule has 0 unspecified atom stereocenters. The van der Waals surface area contributed by atoms with Crippen LogP contribution in [-0.4, -0.2) is 36.1 Å². The lowest BCUT2D eigenvalue weighted by atomic mass is 10.2. The topological polar surface area (TPSA) is 32.5 Å². The van der Waals surface area contributed by atoms with Crippen LogP contribution in [0.1, 0.15) is 37.8 Å². The van der Waals surface area contributed by atoms with Gasteiger partial charge in [0, 0.05) is 37.8 Å². The van der Waals surface area contributed by atoms with Crippen LogP contribution in [0.5, 0.6) is 0 Å². The van der Waals surface area contributed by atoms with Crippen LogP contribution in [0.25, 0.3) is 0 Å². The Labute approximate surface area is 136 Å². The van der Waals surface area contributed by atoms with E-state index in [-0.39, 0.29) is 5.82 Å². The molecule has 1 aliphatic heterocycles. The Hall–Kier alpha value is -1.88. The summed E-state index contributed by atoms with van der Waals surface area (Å²) in [5, 5.41) is 0. The second-order valence-electron chi connectivity index (χ2n) is 6.40. The zero-order chi connectivity index (χ0) is 16.2. The molecule has 0 spiro atoms. The summed E-state index contributed by atoms with van der Waals surface area (Å²) in [6.45, 7) is 8.87. The molecule has 0 radical (unpaired) electrons.